The lowest BCUT2D eigenvalue weighted by atomic mass is 9.82. The SMILES string of the molecule is C=CCCC1=C2C[C@@H](C)C[C@H](OC)[C@H](O)[C@@H](C)/C=C(\C)[C@H](OC(N)=O)[C@@H](C)/C=C\C=C(/C)C(=O)NC(=CC1=O)C2=O.O=S(=O)([O-])c1ccccc1. The van der Waals surface area contributed by atoms with E-state index in [4.69, 9.17) is 15.2 Å². The van der Waals surface area contributed by atoms with Gasteiger partial charge in [-0.2, -0.15) is 0 Å². The van der Waals surface area contributed by atoms with Crippen LogP contribution in [0.15, 0.2) is 106 Å². The number of carbonyl (C=O) groups is 4. The van der Waals surface area contributed by atoms with Crippen molar-refractivity contribution in [3.8, 4) is 0 Å². The Balaban J connectivity index is 0.000000770. The number of fused-ring (bicyclic) bond motifs is 2. The Labute approximate surface area is 300 Å². The molecule has 2 aliphatic rings. The Hall–Kier alpha value is -4.43. The highest BCUT2D eigenvalue weighted by Crippen LogP contribution is 2.31. The van der Waals surface area contributed by atoms with Crippen molar-refractivity contribution < 1.29 is 46.7 Å². The van der Waals surface area contributed by atoms with E-state index in [-0.39, 0.29) is 40.6 Å². The monoisotopic (exact) mass is 725 g/mol. The van der Waals surface area contributed by atoms with Crippen molar-refractivity contribution in [1.82, 2.24) is 5.32 Å². The molecule has 4 N–H and O–H groups in total. The van der Waals surface area contributed by atoms with Crippen LogP contribution in [0.5, 0.6) is 0 Å². The second-order valence-corrected chi connectivity index (χ2v) is 14.2. The number of amides is 2. The molecule has 1 aliphatic carbocycles. The molecule has 1 aromatic carbocycles. The van der Waals surface area contributed by atoms with E-state index in [0.29, 0.717) is 41.6 Å². The van der Waals surface area contributed by atoms with E-state index in [2.05, 4.69) is 11.9 Å². The number of nitrogens with two attached hydrogens (primary N) is 1. The minimum atomic E-state index is -4.25. The van der Waals surface area contributed by atoms with Crippen LogP contribution < -0.4 is 11.1 Å². The van der Waals surface area contributed by atoms with Gasteiger partial charge in [-0.1, -0.05) is 69.4 Å². The van der Waals surface area contributed by atoms with E-state index in [0.717, 1.165) is 0 Å². The number of hydrogen-bond acceptors (Lipinski definition) is 10. The zero-order valence-corrected chi connectivity index (χ0v) is 30.8. The molecule has 0 unspecified atom stereocenters. The van der Waals surface area contributed by atoms with E-state index < -0.39 is 46.2 Å². The third-order valence-electron chi connectivity index (χ3n) is 8.56. The highest BCUT2D eigenvalue weighted by molar-refractivity contribution is 7.85. The molecule has 1 heterocycles. The van der Waals surface area contributed by atoms with Crippen molar-refractivity contribution in [2.45, 2.75) is 83.5 Å². The van der Waals surface area contributed by atoms with Crippen LogP contribution in [-0.4, -0.2) is 67.1 Å². The van der Waals surface area contributed by atoms with Crippen LogP contribution in [0.3, 0.4) is 0 Å². The molecule has 51 heavy (non-hydrogen) atoms. The number of benzene rings is 1. The summed E-state index contributed by atoms with van der Waals surface area (Å²) >= 11 is 0. The maximum atomic E-state index is 13.6. The molecule has 3 rings (SSSR count). The van der Waals surface area contributed by atoms with Gasteiger partial charge in [0.05, 0.1) is 22.8 Å². The van der Waals surface area contributed by atoms with Gasteiger partial charge in [0.15, 0.2) is 5.78 Å². The molecule has 6 atom stereocenters. The predicted molar refractivity (Wildman–Crippen MR) is 192 cm³/mol. The molecule has 0 spiro atoms. The second kappa shape index (κ2) is 19.8. The van der Waals surface area contributed by atoms with Crippen LogP contribution in [-0.2, 0) is 34.0 Å². The standard InChI is InChI=1S/C32H44N2O7.C6H6O3S/c1-8-9-13-23-24-14-18(2)15-27(40-7)28(36)21(5)16-22(6)30(41-32(33)39)19(3)11-10-12-20(4)31(38)34-25(29(24)37)17-26(23)35;7-10(8,9)6-4-2-1-3-5-6/h8,10-12,16-19,21,27-28,30,36H,1,9,13-15H2,2-7H3,(H2,33,39)(H,34,38);1-5H,(H,7,8,9)/p-1/b11-10-,20-12+,22-16+;/t18-,19+,21+,27+,28-,30-;/m1./s1. The third kappa shape index (κ3) is 13.0. The van der Waals surface area contributed by atoms with E-state index in [9.17, 15) is 37.3 Å². The van der Waals surface area contributed by atoms with Crippen LogP contribution in [0.2, 0.25) is 0 Å². The van der Waals surface area contributed by atoms with E-state index in [1.807, 2.05) is 26.8 Å². The fourth-order valence-corrected chi connectivity index (χ4v) is 6.30. The minimum absolute atomic E-state index is 0.0701. The van der Waals surface area contributed by atoms with Crippen LogP contribution in [0.25, 0.3) is 0 Å². The molecule has 0 fully saturated rings. The first-order valence-corrected chi connectivity index (χ1v) is 18.0. The van der Waals surface area contributed by atoms with Gasteiger partial charge in [0, 0.05) is 41.7 Å². The van der Waals surface area contributed by atoms with Gasteiger partial charge >= 0.3 is 6.09 Å². The molecule has 0 aromatic heterocycles. The number of primary amides is 1. The summed E-state index contributed by atoms with van der Waals surface area (Å²) in [7, 11) is -2.74. The van der Waals surface area contributed by atoms with Crippen LogP contribution >= 0.6 is 0 Å². The van der Waals surface area contributed by atoms with Gasteiger partial charge < -0.3 is 30.2 Å². The fourth-order valence-electron chi connectivity index (χ4n) is 5.81. The molecular formula is C38H49N2O10S-. The normalized spacial score (nSPS) is 28.1. The molecular weight excluding hydrogens is 676 g/mol. The first-order valence-electron chi connectivity index (χ1n) is 16.6. The number of Topliss-reactive ketones (excluding diaryl/α,β-unsaturated/α-hetero) is 1. The molecule has 13 heteroatoms. The molecule has 278 valence electrons. The molecule has 0 radical (unpaired) electrons. The van der Waals surface area contributed by atoms with Crippen molar-refractivity contribution in [3.63, 3.8) is 0 Å². The number of aliphatic hydroxyl groups excluding tert-OH is 1. The quantitative estimate of drug-likeness (QED) is 0.204. The molecule has 1 aromatic rings. The molecule has 1 aliphatic heterocycles. The number of rotatable bonds is 6. The Kier molecular flexibility index (Phi) is 16.6. The fraction of sp³-hybridized carbons (Fsp3) is 0.421. The summed E-state index contributed by atoms with van der Waals surface area (Å²) in [6.45, 7) is 12.7. The summed E-state index contributed by atoms with van der Waals surface area (Å²) in [5, 5.41) is 13.8. The Bertz CT molecular complexity index is 1710. The van der Waals surface area contributed by atoms with Crippen molar-refractivity contribution in [3.05, 3.63) is 101 Å². The first kappa shape index (κ1) is 42.7. The van der Waals surface area contributed by atoms with E-state index in [1.54, 1.807) is 44.2 Å². The summed E-state index contributed by atoms with van der Waals surface area (Å²) < 4.78 is 41.9. The average Bonchev–Trinajstić information content (AvgIpc) is 3.07. The number of carbonyl (C=O) groups excluding carboxylic acids is 4. The van der Waals surface area contributed by atoms with Crippen molar-refractivity contribution in [2.75, 3.05) is 7.11 Å². The van der Waals surface area contributed by atoms with Gasteiger partial charge in [-0.3, -0.25) is 14.4 Å². The predicted octanol–water partition coefficient (Wildman–Crippen LogP) is 4.98. The lowest BCUT2D eigenvalue weighted by Gasteiger charge is -2.29. The second-order valence-electron chi connectivity index (χ2n) is 12.8. The number of ether oxygens (including phenoxy) is 2. The lowest BCUT2D eigenvalue weighted by Crippen LogP contribution is -2.36. The maximum Gasteiger partial charge on any atom is 0.405 e. The highest BCUT2D eigenvalue weighted by atomic mass is 32.2. The van der Waals surface area contributed by atoms with Gasteiger partial charge in [-0.15, -0.1) is 6.58 Å². The van der Waals surface area contributed by atoms with Gasteiger partial charge in [-0.25, -0.2) is 13.2 Å². The van der Waals surface area contributed by atoms with Gasteiger partial charge in [0.1, 0.15) is 16.2 Å². The van der Waals surface area contributed by atoms with Gasteiger partial charge in [0.2, 0.25) is 5.78 Å². The number of ketones is 2. The average molecular weight is 726 g/mol. The summed E-state index contributed by atoms with van der Waals surface area (Å²) in [6.07, 6.45) is 8.15. The topological polar surface area (TPSA) is 202 Å². The summed E-state index contributed by atoms with van der Waals surface area (Å²) in [5.41, 5.74) is 7.05. The van der Waals surface area contributed by atoms with Crippen molar-refractivity contribution in [2.24, 2.45) is 23.5 Å². The zero-order valence-electron chi connectivity index (χ0n) is 30.0. The Morgan fingerprint density at radius 2 is 1.76 bits per heavy atom. The summed E-state index contributed by atoms with van der Waals surface area (Å²) in [6, 6.07) is 7.19. The number of allylic oxidation sites excluding steroid dienone is 6. The third-order valence-corrected chi connectivity index (χ3v) is 9.41. The summed E-state index contributed by atoms with van der Waals surface area (Å²) in [5.74, 6) is -2.08. The Morgan fingerprint density at radius 3 is 2.31 bits per heavy atom. The first-order chi connectivity index (χ1) is 23.9. The molecule has 2 amide bonds. The number of hydrogen-bond donors (Lipinski definition) is 3. The number of aliphatic hydroxyl groups is 1. The van der Waals surface area contributed by atoms with Gasteiger partial charge in [0.25, 0.3) is 5.91 Å². The molecule has 0 saturated heterocycles. The number of nitrogens with one attached hydrogen (secondary N) is 1. The van der Waals surface area contributed by atoms with Crippen LogP contribution in [0.4, 0.5) is 4.79 Å². The van der Waals surface area contributed by atoms with E-state index in [1.165, 1.54) is 37.5 Å². The van der Waals surface area contributed by atoms with Crippen molar-refractivity contribution >= 4 is 33.7 Å². The van der Waals surface area contributed by atoms with Crippen LogP contribution in [0, 0.1) is 17.8 Å². The minimum Gasteiger partial charge on any atom is -0.744 e. The van der Waals surface area contributed by atoms with E-state index >= 15 is 0 Å². The molecule has 12 nitrogen and oxygen atoms in total. The zero-order chi connectivity index (χ0) is 38.5. The maximum absolute atomic E-state index is 13.6. The largest absolute Gasteiger partial charge is 0.744 e. The smallest absolute Gasteiger partial charge is 0.405 e. The van der Waals surface area contributed by atoms with Gasteiger partial charge in [-0.05, 0) is 63.2 Å². The highest BCUT2D eigenvalue weighted by Gasteiger charge is 2.32. The Morgan fingerprint density at radius 1 is 1.12 bits per heavy atom. The lowest BCUT2D eigenvalue weighted by molar-refractivity contribution is -0.120. The summed E-state index contributed by atoms with van der Waals surface area (Å²) in [4.78, 5) is 51.1. The molecule has 0 saturated carbocycles. The van der Waals surface area contributed by atoms with Crippen molar-refractivity contribution in [1.29, 1.82) is 0 Å². The van der Waals surface area contributed by atoms with Crippen LogP contribution in [0.1, 0.15) is 60.3 Å². The molecule has 2 bridgehead atoms. The number of methoxy groups -OCH3 is 1.